The van der Waals surface area contributed by atoms with Crippen molar-refractivity contribution >= 4 is 6.09 Å². The second-order valence-electron chi connectivity index (χ2n) is 5.72. The molecule has 1 N–H and O–H groups in total. The van der Waals surface area contributed by atoms with Crippen LogP contribution < -0.4 is 5.32 Å². The normalized spacial score (nSPS) is 12.9. The number of hydrogen-bond acceptors (Lipinski definition) is 2. The van der Waals surface area contributed by atoms with Crippen molar-refractivity contribution in [3.8, 4) is 0 Å². The van der Waals surface area contributed by atoms with Crippen molar-refractivity contribution in [3.63, 3.8) is 0 Å². The van der Waals surface area contributed by atoms with Gasteiger partial charge in [-0.2, -0.15) is 0 Å². The van der Waals surface area contributed by atoms with Crippen LogP contribution >= 0.6 is 0 Å². The molecule has 0 spiro atoms. The quantitative estimate of drug-likeness (QED) is 0.515. The summed E-state index contributed by atoms with van der Waals surface area (Å²) in [5.41, 5.74) is -0.439. The van der Waals surface area contributed by atoms with Gasteiger partial charge in [-0.05, 0) is 33.6 Å². The maximum atomic E-state index is 11.7. The van der Waals surface area contributed by atoms with Gasteiger partial charge in [0.1, 0.15) is 5.60 Å². The summed E-state index contributed by atoms with van der Waals surface area (Å²) in [5, 5.41) is 2.92. The summed E-state index contributed by atoms with van der Waals surface area (Å²) in [4.78, 5) is 11.7. The predicted molar refractivity (Wildman–Crippen MR) is 76.7 cm³/mol. The zero-order chi connectivity index (χ0) is 14.0. The first-order valence-corrected chi connectivity index (χ1v) is 6.99. The summed E-state index contributed by atoms with van der Waals surface area (Å²) in [5.74, 6) is 0. The first-order valence-electron chi connectivity index (χ1n) is 6.99. The van der Waals surface area contributed by atoms with Crippen LogP contribution in [0.1, 0.15) is 66.2 Å². The molecule has 3 heteroatoms. The molecule has 0 bridgehead atoms. The molecule has 0 saturated heterocycles. The number of unbranched alkanes of at least 4 members (excludes halogenated alkanes) is 3. The molecule has 0 rings (SSSR count). The Bertz CT molecular complexity index is 243. The summed E-state index contributed by atoms with van der Waals surface area (Å²) in [6.45, 7) is 11.5. The van der Waals surface area contributed by atoms with E-state index in [1.165, 1.54) is 19.3 Å². The van der Waals surface area contributed by atoms with Gasteiger partial charge in [-0.1, -0.05) is 38.7 Å². The SMILES string of the molecule is C=CCC(CCCCCC)NC(=O)OC(C)(C)C. The number of hydrogen-bond donors (Lipinski definition) is 1. The van der Waals surface area contributed by atoms with E-state index in [4.69, 9.17) is 4.74 Å². The van der Waals surface area contributed by atoms with Crippen LogP contribution in [0.4, 0.5) is 4.79 Å². The number of nitrogens with one attached hydrogen (secondary N) is 1. The number of rotatable bonds is 8. The number of ether oxygens (including phenoxy) is 1. The minimum Gasteiger partial charge on any atom is -0.444 e. The number of carbonyl (C=O) groups excluding carboxylic acids is 1. The summed E-state index contributed by atoms with van der Waals surface area (Å²) in [7, 11) is 0. The van der Waals surface area contributed by atoms with Crippen molar-refractivity contribution < 1.29 is 9.53 Å². The monoisotopic (exact) mass is 255 g/mol. The van der Waals surface area contributed by atoms with Gasteiger partial charge in [-0.3, -0.25) is 0 Å². The number of carbonyl (C=O) groups is 1. The second-order valence-corrected chi connectivity index (χ2v) is 5.72. The van der Waals surface area contributed by atoms with Crippen molar-refractivity contribution in [2.45, 2.75) is 77.9 Å². The van der Waals surface area contributed by atoms with E-state index in [9.17, 15) is 4.79 Å². The van der Waals surface area contributed by atoms with Crippen LogP contribution in [0.3, 0.4) is 0 Å². The van der Waals surface area contributed by atoms with Gasteiger partial charge in [0.2, 0.25) is 0 Å². The molecule has 0 saturated carbocycles. The van der Waals surface area contributed by atoms with Crippen LogP contribution in [0.15, 0.2) is 12.7 Å². The van der Waals surface area contributed by atoms with E-state index in [0.29, 0.717) is 0 Å². The molecule has 0 aromatic rings. The summed E-state index contributed by atoms with van der Waals surface area (Å²) in [6, 6.07) is 0.147. The zero-order valence-corrected chi connectivity index (χ0v) is 12.4. The van der Waals surface area contributed by atoms with E-state index in [1.54, 1.807) is 0 Å². The van der Waals surface area contributed by atoms with Gasteiger partial charge in [0.05, 0.1) is 0 Å². The highest BCUT2D eigenvalue weighted by Gasteiger charge is 2.18. The Morgan fingerprint density at radius 2 is 2.00 bits per heavy atom. The Labute approximate surface area is 112 Å². The van der Waals surface area contributed by atoms with Gasteiger partial charge in [0.15, 0.2) is 0 Å². The van der Waals surface area contributed by atoms with Crippen molar-refractivity contribution in [3.05, 3.63) is 12.7 Å². The van der Waals surface area contributed by atoms with Crippen molar-refractivity contribution in [2.75, 3.05) is 0 Å². The Morgan fingerprint density at radius 1 is 1.33 bits per heavy atom. The highest BCUT2D eigenvalue weighted by Crippen LogP contribution is 2.11. The van der Waals surface area contributed by atoms with Gasteiger partial charge in [0.25, 0.3) is 0 Å². The standard InChI is InChI=1S/C15H29NO2/c1-6-8-9-10-12-13(11-7-2)16-14(17)18-15(3,4)5/h7,13H,2,6,8-12H2,1,3-5H3,(H,16,17). The lowest BCUT2D eigenvalue weighted by atomic mass is 10.0. The summed E-state index contributed by atoms with van der Waals surface area (Å²) in [6.07, 6.45) is 8.16. The van der Waals surface area contributed by atoms with Crippen LogP contribution in [0.2, 0.25) is 0 Å². The third-order valence-corrected chi connectivity index (χ3v) is 2.58. The van der Waals surface area contributed by atoms with Crippen LogP contribution in [0, 0.1) is 0 Å². The topological polar surface area (TPSA) is 38.3 Å². The molecular formula is C15H29NO2. The fourth-order valence-corrected chi connectivity index (χ4v) is 1.74. The van der Waals surface area contributed by atoms with E-state index in [0.717, 1.165) is 19.3 Å². The van der Waals surface area contributed by atoms with E-state index in [-0.39, 0.29) is 12.1 Å². The summed E-state index contributed by atoms with van der Waals surface area (Å²) < 4.78 is 5.26. The van der Waals surface area contributed by atoms with Gasteiger partial charge >= 0.3 is 6.09 Å². The van der Waals surface area contributed by atoms with Crippen LogP contribution in [-0.2, 0) is 4.74 Å². The molecule has 1 atom stereocenters. The molecule has 1 amide bonds. The molecule has 0 aliphatic carbocycles. The molecule has 0 aliphatic heterocycles. The highest BCUT2D eigenvalue weighted by molar-refractivity contribution is 5.68. The van der Waals surface area contributed by atoms with Gasteiger partial charge in [0, 0.05) is 6.04 Å². The number of alkyl carbamates (subject to hydrolysis) is 1. The minimum absolute atomic E-state index is 0.147. The molecule has 106 valence electrons. The molecule has 0 fully saturated rings. The average molecular weight is 255 g/mol. The third kappa shape index (κ3) is 10.2. The van der Waals surface area contributed by atoms with Gasteiger partial charge in [-0.15, -0.1) is 6.58 Å². The lowest BCUT2D eigenvalue weighted by Gasteiger charge is -2.23. The molecule has 0 heterocycles. The first kappa shape index (κ1) is 17.0. The van der Waals surface area contributed by atoms with Gasteiger partial charge in [-0.25, -0.2) is 4.79 Å². The summed E-state index contributed by atoms with van der Waals surface area (Å²) >= 11 is 0. The second kappa shape index (κ2) is 9.01. The Morgan fingerprint density at radius 3 is 2.50 bits per heavy atom. The zero-order valence-electron chi connectivity index (χ0n) is 12.4. The maximum Gasteiger partial charge on any atom is 0.407 e. The van der Waals surface area contributed by atoms with E-state index in [2.05, 4.69) is 18.8 Å². The van der Waals surface area contributed by atoms with Crippen molar-refractivity contribution in [2.24, 2.45) is 0 Å². The van der Waals surface area contributed by atoms with E-state index in [1.807, 2.05) is 26.8 Å². The maximum absolute atomic E-state index is 11.7. The average Bonchev–Trinajstić information content (AvgIpc) is 2.21. The van der Waals surface area contributed by atoms with E-state index < -0.39 is 5.60 Å². The Kier molecular flexibility index (Phi) is 8.51. The predicted octanol–water partition coefficient (Wildman–Crippen LogP) is 4.43. The molecule has 0 aromatic heterocycles. The Hall–Kier alpha value is -0.990. The molecule has 0 radical (unpaired) electrons. The van der Waals surface area contributed by atoms with Crippen molar-refractivity contribution in [1.82, 2.24) is 5.32 Å². The fraction of sp³-hybridized carbons (Fsp3) is 0.800. The largest absolute Gasteiger partial charge is 0.444 e. The third-order valence-electron chi connectivity index (χ3n) is 2.58. The lowest BCUT2D eigenvalue weighted by molar-refractivity contribution is 0.0501. The first-order chi connectivity index (χ1) is 8.39. The fourth-order valence-electron chi connectivity index (χ4n) is 1.74. The van der Waals surface area contributed by atoms with Gasteiger partial charge < -0.3 is 10.1 Å². The number of amides is 1. The molecule has 18 heavy (non-hydrogen) atoms. The smallest absolute Gasteiger partial charge is 0.407 e. The Balaban J connectivity index is 4.01. The molecule has 0 aliphatic rings. The van der Waals surface area contributed by atoms with E-state index >= 15 is 0 Å². The molecule has 0 aromatic carbocycles. The lowest BCUT2D eigenvalue weighted by Crippen LogP contribution is -2.38. The minimum atomic E-state index is -0.439. The molecule has 3 nitrogen and oxygen atoms in total. The van der Waals surface area contributed by atoms with Crippen LogP contribution in [0.5, 0.6) is 0 Å². The van der Waals surface area contributed by atoms with Crippen LogP contribution in [0.25, 0.3) is 0 Å². The molecular weight excluding hydrogens is 226 g/mol. The van der Waals surface area contributed by atoms with Crippen molar-refractivity contribution in [1.29, 1.82) is 0 Å². The highest BCUT2D eigenvalue weighted by atomic mass is 16.6. The molecule has 1 unspecified atom stereocenters. The van der Waals surface area contributed by atoms with Crippen LogP contribution in [-0.4, -0.2) is 17.7 Å².